The number of aryl methyl sites for hydroxylation is 1. The van der Waals surface area contributed by atoms with Crippen LogP contribution >= 0.6 is 0 Å². The number of Topliss-reactive ketones (excluding diaryl/α,β-unsaturated/α-hetero) is 1. The van der Waals surface area contributed by atoms with Gasteiger partial charge in [0.2, 0.25) is 5.91 Å². The van der Waals surface area contributed by atoms with Gasteiger partial charge in [-0.3, -0.25) is 9.59 Å². The number of benzene rings is 2. The number of ether oxygens (including phenoxy) is 2. The minimum absolute atomic E-state index is 0.0764. The Kier molecular flexibility index (Phi) is 5.56. The minimum atomic E-state index is -0.132. The van der Waals surface area contributed by atoms with Gasteiger partial charge in [0.25, 0.3) is 0 Å². The van der Waals surface area contributed by atoms with Crippen molar-refractivity contribution in [1.29, 1.82) is 0 Å². The number of hydrogen-bond donors (Lipinski definition) is 1. The van der Waals surface area contributed by atoms with Crippen LogP contribution in [0.3, 0.4) is 0 Å². The second-order valence-electron chi connectivity index (χ2n) is 6.42. The van der Waals surface area contributed by atoms with Crippen LogP contribution in [0.4, 0.5) is 0 Å². The van der Waals surface area contributed by atoms with Gasteiger partial charge in [-0.2, -0.15) is 0 Å². The fourth-order valence-corrected chi connectivity index (χ4v) is 3.17. The van der Waals surface area contributed by atoms with Crippen molar-refractivity contribution < 1.29 is 19.1 Å². The summed E-state index contributed by atoms with van der Waals surface area (Å²) in [5.41, 5.74) is 2.63. The summed E-state index contributed by atoms with van der Waals surface area (Å²) < 4.78 is 10.9. The van der Waals surface area contributed by atoms with Crippen molar-refractivity contribution in [2.75, 3.05) is 13.7 Å². The van der Waals surface area contributed by atoms with Gasteiger partial charge in [0, 0.05) is 24.8 Å². The number of fused-ring (bicyclic) bond motifs is 1. The molecule has 2 aromatic carbocycles. The third-order valence-electron chi connectivity index (χ3n) is 4.53. The van der Waals surface area contributed by atoms with Gasteiger partial charge in [-0.05, 0) is 25.1 Å². The maximum absolute atomic E-state index is 12.4. The Morgan fingerprint density at radius 3 is 2.81 bits per heavy atom. The van der Waals surface area contributed by atoms with Crippen molar-refractivity contribution in [1.82, 2.24) is 5.32 Å². The minimum Gasteiger partial charge on any atom is -0.496 e. The molecule has 0 aromatic heterocycles. The van der Waals surface area contributed by atoms with Crippen LogP contribution in [-0.4, -0.2) is 25.4 Å². The lowest BCUT2D eigenvalue weighted by molar-refractivity contribution is -0.122. The Labute approximate surface area is 153 Å². The van der Waals surface area contributed by atoms with E-state index in [0.717, 1.165) is 23.3 Å². The first kappa shape index (κ1) is 18.0. The molecule has 0 spiro atoms. The number of ketones is 1. The first-order valence-electron chi connectivity index (χ1n) is 8.77. The van der Waals surface area contributed by atoms with Gasteiger partial charge >= 0.3 is 0 Å². The van der Waals surface area contributed by atoms with E-state index < -0.39 is 0 Å². The molecule has 0 saturated heterocycles. The summed E-state index contributed by atoms with van der Waals surface area (Å²) in [4.78, 5) is 24.7. The molecule has 1 aliphatic rings. The van der Waals surface area contributed by atoms with Crippen molar-refractivity contribution >= 4 is 11.7 Å². The molecule has 5 nitrogen and oxygen atoms in total. The Morgan fingerprint density at radius 2 is 2.00 bits per heavy atom. The number of methoxy groups -OCH3 is 1. The zero-order chi connectivity index (χ0) is 18.5. The standard InChI is InChI=1S/C21H23NO4/c1-14-7-9-20-16(13-14)17(11-12-26-20)22-21(24)10-8-18(23)15-5-3-4-6-19(15)25-2/h3-7,9,13,17H,8,10-12H2,1-2H3,(H,22,24). The molecule has 1 atom stereocenters. The molecule has 3 rings (SSSR count). The summed E-state index contributed by atoms with van der Waals surface area (Å²) in [6.07, 6.45) is 1.02. The molecular formula is C21H23NO4. The van der Waals surface area contributed by atoms with Crippen molar-refractivity contribution in [3.63, 3.8) is 0 Å². The van der Waals surface area contributed by atoms with E-state index in [0.29, 0.717) is 17.9 Å². The van der Waals surface area contributed by atoms with E-state index in [1.54, 1.807) is 18.2 Å². The van der Waals surface area contributed by atoms with Crippen LogP contribution < -0.4 is 14.8 Å². The number of carbonyl (C=O) groups is 2. The van der Waals surface area contributed by atoms with E-state index in [1.807, 2.05) is 31.2 Å². The molecule has 1 aliphatic heterocycles. The molecule has 0 saturated carbocycles. The van der Waals surface area contributed by atoms with Gasteiger partial charge in [-0.15, -0.1) is 0 Å². The Bertz CT molecular complexity index is 815. The number of amides is 1. The number of nitrogens with one attached hydrogen (secondary N) is 1. The molecule has 1 amide bonds. The Hall–Kier alpha value is -2.82. The normalized spacial score (nSPS) is 15.5. The van der Waals surface area contributed by atoms with Crippen LogP contribution in [0.25, 0.3) is 0 Å². The third-order valence-corrected chi connectivity index (χ3v) is 4.53. The van der Waals surface area contributed by atoms with Gasteiger partial charge in [-0.1, -0.05) is 29.8 Å². The average Bonchev–Trinajstić information content (AvgIpc) is 2.66. The van der Waals surface area contributed by atoms with E-state index in [4.69, 9.17) is 9.47 Å². The highest BCUT2D eigenvalue weighted by atomic mass is 16.5. The summed E-state index contributed by atoms with van der Waals surface area (Å²) in [6, 6.07) is 13.0. The molecule has 0 bridgehead atoms. The van der Waals surface area contributed by atoms with Crippen LogP contribution in [0.2, 0.25) is 0 Å². The lowest BCUT2D eigenvalue weighted by atomic mass is 9.98. The number of hydrogen-bond acceptors (Lipinski definition) is 4. The van der Waals surface area contributed by atoms with Crippen LogP contribution in [0.15, 0.2) is 42.5 Å². The summed E-state index contributed by atoms with van der Waals surface area (Å²) in [5.74, 6) is 1.12. The molecule has 0 fully saturated rings. The molecule has 2 aromatic rings. The number of carbonyl (C=O) groups excluding carboxylic acids is 2. The molecule has 5 heteroatoms. The van der Waals surface area contributed by atoms with Gasteiger partial charge in [0.1, 0.15) is 11.5 Å². The predicted octanol–water partition coefficient (Wildman–Crippen LogP) is 3.61. The Balaban J connectivity index is 1.60. The van der Waals surface area contributed by atoms with E-state index in [9.17, 15) is 9.59 Å². The first-order chi connectivity index (χ1) is 12.6. The van der Waals surface area contributed by atoms with Gasteiger partial charge in [0.15, 0.2) is 5.78 Å². The molecule has 1 N–H and O–H groups in total. The zero-order valence-electron chi connectivity index (χ0n) is 15.1. The topological polar surface area (TPSA) is 64.6 Å². The Morgan fingerprint density at radius 1 is 1.19 bits per heavy atom. The van der Waals surface area contributed by atoms with Crippen LogP contribution in [0, 0.1) is 6.92 Å². The molecule has 1 unspecified atom stereocenters. The quantitative estimate of drug-likeness (QED) is 0.806. The fraction of sp³-hybridized carbons (Fsp3) is 0.333. The monoisotopic (exact) mass is 353 g/mol. The van der Waals surface area contributed by atoms with Crippen molar-refractivity contribution in [3.05, 3.63) is 59.2 Å². The first-order valence-corrected chi connectivity index (χ1v) is 8.77. The molecule has 1 heterocycles. The van der Waals surface area contributed by atoms with Gasteiger partial charge < -0.3 is 14.8 Å². The largest absolute Gasteiger partial charge is 0.496 e. The van der Waals surface area contributed by atoms with E-state index in [1.165, 1.54) is 7.11 Å². The van der Waals surface area contributed by atoms with E-state index in [-0.39, 0.29) is 30.6 Å². The highest BCUT2D eigenvalue weighted by Crippen LogP contribution is 2.32. The molecular weight excluding hydrogens is 330 g/mol. The highest BCUT2D eigenvalue weighted by molar-refractivity contribution is 6.00. The molecule has 26 heavy (non-hydrogen) atoms. The smallest absolute Gasteiger partial charge is 0.220 e. The third kappa shape index (κ3) is 4.04. The molecule has 0 radical (unpaired) electrons. The van der Waals surface area contributed by atoms with Crippen LogP contribution in [-0.2, 0) is 4.79 Å². The van der Waals surface area contributed by atoms with Crippen LogP contribution in [0.5, 0.6) is 11.5 Å². The summed E-state index contributed by atoms with van der Waals surface area (Å²) in [6.45, 7) is 2.58. The second-order valence-corrected chi connectivity index (χ2v) is 6.42. The maximum atomic E-state index is 12.4. The van der Waals surface area contributed by atoms with Crippen molar-refractivity contribution in [2.24, 2.45) is 0 Å². The molecule has 136 valence electrons. The van der Waals surface area contributed by atoms with E-state index >= 15 is 0 Å². The van der Waals surface area contributed by atoms with E-state index in [2.05, 4.69) is 5.32 Å². The lowest BCUT2D eigenvalue weighted by Crippen LogP contribution is -2.32. The van der Waals surface area contributed by atoms with Gasteiger partial charge in [-0.25, -0.2) is 0 Å². The fourth-order valence-electron chi connectivity index (χ4n) is 3.17. The van der Waals surface area contributed by atoms with Crippen molar-refractivity contribution in [3.8, 4) is 11.5 Å². The van der Waals surface area contributed by atoms with Crippen molar-refractivity contribution in [2.45, 2.75) is 32.2 Å². The predicted molar refractivity (Wildman–Crippen MR) is 98.7 cm³/mol. The molecule has 0 aliphatic carbocycles. The van der Waals surface area contributed by atoms with Gasteiger partial charge in [0.05, 0.1) is 25.3 Å². The zero-order valence-corrected chi connectivity index (χ0v) is 15.1. The summed E-state index contributed by atoms with van der Waals surface area (Å²) in [5, 5.41) is 3.04. The SMILES string of the molecule is COc1ccccc1C(=O)CCC(=O)NC1CCOc2ccc(C)cc21. The number of rotatable bonds is 6. The second kappa shape index (κ2) is 8.04. The maximum Gasteiger partial charge on any atom is 0.220 e. The highest BCUT2D eigenvalue weighted by Gasteiger charge is 2.23. The van der Waals surface area contributed by atoms with Crippen LogP contribution in [0.1, 0.15) is 46.8 Å². The average molecular weight is 353 g/mol. The summed E-state index contributed by atoms with van der Waals surface area (Å²) >= 11 is 0. The lowest BCUT2D eigenvalue weighted by Gasteiger charge is -2.27. The number of para-hydroxylation sites is 1. The summed E-state index contributed by atoms with van der Waals surface area (Å²) in [7, 11) is 1.53.